The van der Waals surface area contributed by atoms with Crippen LogP contribution in [0.1, 0.15) is 26.5 Å². The van der Waals surface area contributed by atoms with Gasteiger partial charge in [-0.25, -0.2) is 9.98 Å². The number of ether oxygens (including phenoxy) is 1. The van der Waals surface area contributed by atoms with Crippen LogP contribution >= 0.6 is 35.7 Å². The first-order chi connectivity index (χ1) is 9.94. The molecule has 1 aromatic rings. The number of guanidine groups is 1. The Morgan fingerprint density at radius 2 is 2.05 bits per heavy atom. The van der Waals surface area contributed by atoms with Crippen LogP contribution in [0.25, 0.3) is 0 Å². The zero-order valence-electron chi connectivity index (χ0n) is 13.4. The van der Waals surface area contributed by atoms with Gasteiger partial charge in [0.2, 0.25) is 5.88 Å². The van der Waals surface area contributed by atoms with Gasteiger partial charge in [0, 0.05) is 30.7 Å². The lowest BCUT2D eigenvalue weighted by Crippen LogP contribution is -2.42. The van der Waals surface area contributed by atoms with E-state index < -0.39 is 0 Å². The lowest BCUT2D eigenvalue weighted by Gasteiger charge is -2.27. The van der Waals surface area contributed by atoms with Crippen molar-refractivity contribution >= 4 is 41.7 Å². The molecule has 2 rings (SSSR count). The SMILES string of the molecule is CC(C)(C)Oc1cccc(CN=C(N)N2CCSCC2)n1.I. The van der Waals surface area contributed by atoms with Crippen molar-refractivity contribution in [3.05, 3.63) is 23.9 Å². The molecule has 0 unspecified atom stereocenters. The Bertz CT molecular complexity index is 499. The first-order valence-electron chi connectivity index (χ1n) is 7.21. The summed E-state index contributed by atoms with van der Waals surface area (Å²) in [6.07, 6.45) is 0. The highest BCUT2D eigenvalue weighted by Gasteiger charge is 2.14. The second kappa shape index (κ2) is 8.81. The van der Waals surface area contributed by atoms with E-state index in [-0.39, 0.29) is 29.6 Å². The van der Waals surface area contributed by atoms with Gasteiger partial charge in [0.25, 0.3) is 0 Å². The Hall–Kier alpha value is -0.700. The number of thioether (sulfide) groups is 1. The zero-order chi connectivity index (χ0) is 15.3. The smallest absolute Gasteiger partial charge is 0.214 e. The molecule has 0 spiro atoms. The van der Waals surface area contributed by atoms with Crippen molar-refractivity contribution < 1.29 is 4.74 Å². The molecule has 1 fully saturated rings. The van der Waals surface area contributed by atoms with Crippen molar-refractivity contribution in [2.24, 2.45) is 10.7 Å². The fourth-order valence-corrected chi connectivity index (χ4v) is 2.87. The molecule has 0 amide bonds. The van der Waals surface area contributed by atoms with Crippen LogP contribution in [0.3, 0.4) is 0 Å². The van der Waals surface area contributed by atoms with E-state index in [0.29, 0.717) is 18.4 Å². The van der Waals surface area contributed by atoms with E-state index in [2.05, 4.69) is 14.9 Å². The fourth-order valence-electron chi connectivity index (χ4n) is 1.97. The van der Waals surface area contributed by atoms with E-state index in [1.807, 2.05) is 50.7 Å². The van der Waals surface area contributed by atoms with Gasteiger partial charge in [0.1, 0.15) is 5.60 Å². The van der Waals surface area contributed by atoms with Gasteiger partial charge in [-0.3, -0.25) is 0 Å². The summed E-state index contributed by atoms with van der Waals surface area (Å²) in [7, 11) is 0. The van der Waals surface area contributed by atoms with E-state index in [1.165, 1.54) is 0 Å². The first kappa shape index (κ1) is 19.3. The van der Waals surface area contributed by atoms with Gasteiger partial charge in [-0.2, -0.15) is 11.8 Å². The minimum absolute atomic E-state index is 0. The van der Waals surface area contributed by atoms with Crippen LogP contribution in [0.4, 0.5) is 0 Å². The molecule has 0 radical (unpaired) electrons. The maximum atomic E-state index is 6.04. The van der Waals surface area contributed by atoms with Crippen LogP contribution in [-0.2, 0) is 6.54 Å². The molecular weight excluding hydrogens is 411 g/mol. The second-order valence-corrected chi connectivity index (χ2v) is 7.18. The third kappa shape index (κ3) is 6.60. The molecule has 0 bridgehead atoms. The Balaban J connectivity index is 0.00000242. The zero-order valence-corrected chi connectivity index (χ0v) is 16.6. The third-order valence-electron chi connectivity index (χ3n) is 2.93. The maximum absolute atomic E-state index is 6.04. The summed E-state index contributed by atoms with van der Waals surface area (Å²) in [5, 5.41) is 0. The lowest BCUT2D eigenvalue weighted by molar-refractivity contribution is 0.124. The van der Waals surface area contributed by atoms with Crippen LogP contribution in [0, 0.1) is 0 Å². The predicted octanol–water partition coefficient (Wildman–Crippen LogP) is 2.74. The van der Waals surface area contributed by atoms with Crippen molar-refractivity contribution in [1.29, 1.82) is 0 Å². The Labute approximate surface area is 154 Å². The molecule has 1 saturated heterocycles. The maximum Gasteiger partial charge on any atom is 0.214 e. The van der Waals surface area contributed by atoms with Gasteiger partial charge >= 0.3 is 0 Å². The van der Waals surface area contributed by atoms with E-state index in [0.717, 1.165) is 30.3 Å². The lowest BCUT2D eigenvalue weighted by atomic mass is 10.2. The molecule has 1 aliphatic heterocycles. The van der Waals surface area contributed by atoms with Crippen LogP contribution < -0.4 is 10.5 Å². The number of nitrogens with zero attached hydrogens (tertiary/aromatic N) is 3. The topological polar surface area (TPSA) is 63.7 Å². The summed E-state index contributed by atoms with van der Waals surface area (Å²) in [6, 6.07) is 5.74. The number of hydrogen-bond acceptors (Lipinski definition) is 4. The van der Waals surface area contributed by atoms with Crippen LogP contribution in [0.2, 0.25) is 0 Å². The highest BCUT2D eigenvalue weighted by atomic mass is 127. The van der Waals surface area contributed by atoms with Crippen LogP contribution in [-0.4, -0.2) is 46.0 Å². The third-order valence-corrected chi connectivity index (χ3v) is 3.87. The summed E-state index contributed by atoms with van der Waals surface area (Å²) >= 11 is 1.96. The van der Waals surface area contributed by atoms with E-state index in [4.69, 9.17) is 10.5 Å². The summed E-state index contributed by atoms with van der Waals surface area (Å²) in [4.78, 5) is 11.0. The normalized spacial score (nSPS) is 16.1. The minimum Gasteiger partial charge on any atom is -0.472 e. The van der Waals surface area contributed by atoms with E-state index >= 15 is 0 Å². The molecular formula is C15H25IN4OS. The van der Waals surface area contributed by atoms with E-state index in [1.54, 1.807) is 0 Å². The molecule has 2 heterocycles. The van der Waals surface area contributed by atoms with Crippen LogP contribution in [0.15, 0.2) is 23.2 Å². The Morgan fingerprint density at radius 3 is 2.68 bits per heavy atom. The average Bonchev–Trinajstić information content (AvgIpc) is 2.44. The number of nitrogens with two attached hydrogens (primary N) is 1. The van der Waals surface area contributed by atoms with Crippen molar-refractivity contribution in [2.45, 2.75) is 32.9 Å². The van der Waals surface area contributed by atoms with Gasteiger partial charge < -0.3 is 15.4 Å². The fraction of sp³-hybridized carbons (Fsp3) is 0.600. The number of hydrogen-bond donors (Lipinski definition) is 1. The molecule has 2 N–H and O–H groups in total. The highest BCUT2D eigenvalue weighted by Crippen LogP contribution is 2.16. The predicted molar refractivity (Wildman–Crippen MR) is 104 cm³/mol. The van der Waals surface area contributed by atoms with Crippen molar-refractivity contribution in [2.75, 3.05) is 24.6 Å². The van der Waals surface area contributed by atoms with Crippen LogP contribution in [0.5, 0.6) is 5.88 Å². The van der Waals surface area contributed by atoms with Gasteiger partial charge in [0.05, 0.1) is 12.2 Å². The molecule has 0 saturated carbocycles. The van der Waals surface area contributed by atoms with Gasteiger partial charge in [-0.1, -0.05) is 6.07 Å². The summed E-state index contributed by atoms with van der Waals surface area (Å²) in [6.45, 7) is 8.45. The van der Waals surface area contributed by atoms with Crippen molar-refractivity contribution in [3.63, 3.8) is 0 Å². The number of halogens is 1. The molecule has 0 aliphatic carbocycles. The monoisotopic (exact) mass is 436 g/mol. The quantitative estimate of drug-likeness (QED) is 0.449. The largest absolute Gasteiger partial charge is 0.472 e. The molecule has 1 aromatic heterocycles. The van der Waals surface area contributed by atoms with Gasteiger partial charge in [-0.15, -0.1) is 24.0 Å². The number of rotatable bonds is 3. The minimum atomic E-state index is -0.251. The summed E-state index contributed by atoms with van der Waals surface area (Å²) in [5.74, 6) is 3.47. The number of aromatic nitrogens is 1. The number of pyridine rings is 1. The second-order valence-electron chi connectivity index (χ2n) is 5.96. The summed E-state index contributed by atoms with van der Waals surface area (Å²) < 4.78 is 5.76. The molecule has 0 atom stereocenters. The van der Waals surface area contributed by atoms with Gasteiger partial charge in [0.15, 0.2) is 5.96 Å². The number of aliphatic imine (C=N–C) groups is 1. The molecule has 22 heavy (non-hydrogen) atoms. The molecule has 5 nitrogen and oxygen atoms in total. The Kier molecular flexibility index (Phi) is 7.75. The molecule has 124 valence electrons. The van der Waals surface area contributed by atoms with Crippen molar-refractivity contribution in [3.8, 4) is 5.88 Å². The first-order valence-corrected chi connectivity index (χ1v) is 8.37. The highest BCUT2D eigenvalue weighted by molar-refractivity contribution is 14.0. The van der Waals surface area contributed by atoms with E-state index in [9.17, 15) is 0 Å². The van der Waals surface area contributed by atoms with Gasteiger partial charge in [-0.05, 0) is 26.8 Å². The standard InChI is InChI=1S/C15H24N4OS.HI/c1-15(2,3)20-13-6-4-5-12(18-13)11-17-14(16)19-7-9-21-10-8-19;/h4-6H,7-11H2,1-3H3,(H2,16,17);1H. The molecule has 7 heteroatoms. The average molecular weight is 436 g/mol. The Morgan fingerprint density at radius 1 is 1.36 bits per heavy atom. The molecule has 1 aliphatic rings. The molecule has 0 aromatic carbocycles. The van der Waals surface area contributed by atoms with Crippen molar-refractivity contribution in [1.82, 2.24) is 9.88 Å². The summed E-state index contributed by atoms with van der Waals surface area (Å²) in [5.41, 5.74) is 6.66.